The van der Waals surface area contributed by atoms with Crippen molar-refractivity contribution >= 4 is 12.1 Å². The van der Waals surface area contributed by atoms with Crippen LogP contribution >= 0.6 is 0 Å². The molecular weight excluding hydrogens is 234 g/mol. The van der Waals surface area contributed by atoms with E-state index in [-0.39, 0.29) is 18.1 Å². The molecule has 5 heteroatoms. The highest BCUT2D eigenvalue weighted by molar-refractivity contribution is 5.75. The van der Waals surface area contributed by atoms with Gasteiger partial charge in [0, 0.05) is 12.6 Å². The molecule has 5 nitrogen and oxygen atoms in total. The predicted octanol–water partition coefficient (Wildman–Crippen LogP) is 2.11. The number of carboxylic acid groups (broad SMARTS) is 1. The first-order chi connectivity index (χ1) is 8.29. The summed E-state index contributed by atoms with van der Waals surface area (Å²) in [5.74, 6) is -1.11. The molecule has 1 amide bonds. The highest BCUT2D eigenvalue weighted by Gasteiger charge is 2.50. The summed E-state index contributed by atoms with van der Waals surface area (Å²) in [6.07, 6.45) is 2.43. The molecule has 1 aliphatic heterocycles. The largest absolute Gasteiger partial charge is 0.481 e. The number of carbonyl (C=O) groups excluding carboxylic acids is 1. The molecule has 0 aromatic heterocycles. The van der Waals surface area contributed by atoms with Crippen molar-refractivity contribution in [2.45, 2.75) is 51.7 Å². The number of hydrogen-bond acceptors (Lipinski definition) is 3. The van der Waals surface area contributed by atoms with Crippen LogP contribution in [-0.4, -0.2) is 40.3 Å². The number of likely N-dealkylation sites (tertiary alicyclic amines) is 1. The maximum absolute atomic E-state index is 12.1. The van der Waals surface area contributed by atoms with Gasteiger partial charge in [-0.25, -0.2) is 4.79 Å². The summed E-state index contributed by atoms with van der Waals surface area (Å²) in [6.45, 7) is 5.75. The molecule has 2 fully saturated rings. The quantitative estimate of drug-likeness (QED) is 0.779. The Labute approximate surface area is 107 Å². The lowest BCUT2D eigenvalue weighted by molar-refractivity contribution is -0.142. The number of fused-ring (bicyclic) bond motifs is 1. The molecule has 1 saturated carbocycles. The van der Waals surface area contributed by atoms with Crippen molar-refractivity contribution < 1.29 is 19.4 Å². The van der Waals surface area contributed by atoms with Gasteiger partial charge in [0.25, 0.3) is 0 Å². The maximum atomic E-state index is 12.1. The number of nitrogens with zero attached hydrogens (tertiary/aromatic N) is 1. The molecule has 0 spiro atoms. The van der Waals surface area contributed by atoms with Crippen molar-refractivity contribution in [3.8, 4) is 0 Å². The molecule has 3 unspecified atom stereocenters. The number of carboxylic acids is 1. The van der Waals surface area contributed by atoms with E-state index in [1.165, 1.54) is 0 Å². The molecular formula is C13H21NO4. The van der Waals surface area contributed by atoms with E-state index in [2.05, 4.69) is 0 Å². The monoisotopic (exact) mass is 255 g/mol. The van der Waals surface area contributed by atoms with Crippen molar-refractivity contribution in [3.63, 3.8) is 0 Å². The third-order valence-electron chi connectivity index (χ3n) is 3.79. The Morgan fingerprint density at radius 3 is 2.50 bits per heavy atom. The summed E-state index contributed by atoms with van der Waals surface area (Å²) in [7, 11) is 0. The normalized spacial score (nSPS) is 31.3. The number of rotatable bonds is 1. The van der Waals surface area contributed by atoms with E-state index in [4.69, 9.17) is 4.74 Å². The first-order valence-corrected chi connectivity index (χ1v) is 6.52. The summed E-state index contributed by atoms with van der Waals surface area (Å²) in [5.41, 5.74) is -0.535. The van der Waals surface area contributed by atoms with E-state index in [1.807, 2.05) is 20.8 Å². The maximum Gasteiger partial charge on any atom is 0.410 e. The number of carbonyl (C=O) groups is 2. The molecule has 3 atom stereocenters. The van der Waals surface area contributed by atoms with Crippen molar-refractivity contribution in [2.24, 2.45) is 11.8 Å². The van der Waals surface area contributed by atoms with Crippen LogP contribution in [0.25, 0.3) is 0 Å². The molecule has 1 N–H and O–H groups in total. The second kappa shape index (κ2) is 4.44. The second-order valence-corrected chi connectivity index (χ2v) is 6.24. The number of aliphatic carboxylic acids is 1. The molecule has 0 aromatic rings. The van der Waals surface area contributed by atoms with Crippen LogP contribution in [0, 0.1) is 11.8 Å². The smallest absolute Gasteiger partial charge is 0.410 e. The summed E-state index contributed by atoms with van der Waals surface area (Å²) in [4.78, 5) is 24.9. The van der Waals surface area contributed by atoms with Gasteiger partial charge in [0.05, 0.1) is 5.92 Å². The number of hydrogen-bond donors (Lipinski definition) is 1. The van der Waals surface area contributed by atoms with Gasteiger partial charge in [0.2, 0.25) is 0 Å². The molecule has 1 saturated heterocycles. The minimum Gasteiger partial charge on any atom is -0.481 e. The fraction of sp³-hybridized carbons (Fsp3) is 0.846. The average molecular weight is 255 g/mol. The Bertz CT molecular complexity index is 360. The van der Waals surface area contributed by atoms with E-state index < -0.39 is 17.5 Å². The van der Waals surface area contributed by atoms with Gasteiger partial charge in [0.15, 0.2) is 0 Å². The third-order valence-corrected chi connectivity index (χ3v) is 3.79. The SMILES string of the molecule is CC(C)(C)OC(=O)N1CC(C(=O)O)C2CCCC21. The van der Waals surface area contributed by atoms with E-state index in [9.17, 15) is 14.7 Å². The van der Waals surface area contributed by atoms with Crippen LogP contribution < -0.4 is 0 Å². The highest BCUT2D eigenvalue weighted by atomic mass is 16.6. The fourth-order valence-electron chi connectivity index (χ4n) is 3.10. The molecule has 0 bridgehead atoms. The molecule has 2 aliphatic rings. The van der Waals surface area contributed by atoms with Crippen LogP contribution in [0.4, 0.5) is 4.79 Å². The first-order valence-electron chi connectivity index (χ1n) is 6.52. The molecule has 2 rings (SSSR count). The Balaban J connectivity index is 2.10. The molecule has 1 heterocycles. The zero-order valence-corrected chi connectivity index (χ0v) is 11.2. The van der Waals surface area contributed by atoms with E-state index in [0.29, 0.717) is 6.54 Å². The standard InChI is InChI=1S/C13H21NO4/c1-13(2,3)18-12(17)14-7-9(11(15)16)8-5-4-6-10(8)14/h8-10H,4-7H2,1-3H3,(H,15,16). The van der Waals surface area contributed by atoms with Crippen molar-refractivity contribution in [3.05, 3.63) is 0 Å². The summed E-state index contributed by atoms with van der Waals surface area (Å²) in [5, 5.41) is 9.21. The lowest BCUT2D eigenvalue weighted by Gasteiger charge is -2.28. The van der Waals surface area contributed by atoms with Crippen molar-refractivity contribution in [2.75, 3.05) is 6.54 Å². The van der Waals surface area contributed by atoms with Gasteiger partial charge < -0.3 is 14.7 Å². The van der Waals surface area contributed by atoms with Crippen LogP contribution in [0.2, 0.25) is 0 Å². The van der Waals surface area contributed by atoms with Crippen LogP contribution in [0.3, 0.4) is 0 Å². The van der Waals surface area contributed by atoms with Gasteiger partial charge >= 0.3 is 12.1 Å². The second-order valence-electron chi connectivity index (χ2n) is 6.24. The Hall–Kier alpha value is -1.26. The van der Waals surface area contributed by atoms with Gasteiger partial charge in [-0.3, -0.25) is 4.79 Å². The van der Waals surface area contributed by atoms with Gasteiger partial charge in [0.1, 0.15) is 5.60 Å². The van der Waals surface area contributed by atoms with Crippen LogP contribution in [0.15, 0.2) is 0 Å². The topological polar surface area (TPSA) is 66.8 Å². The first kappa shape index (κ1) is 13.2. The van der Waals surface area contributed by atoms with Gasteiger partial charge in [-0.2, -0.15) is 0 Å². The fourth-order valence-corrected chi connectivity index (χ4v) is 3.10. The third kappa shape index (κ3) is 2.44. The lowest BCUT2D eigenvalue weighted by Crippen LogP contribution is -2.40. The summed E-state index contributed by atoms with van der Waals surface area (Å²) >= 11 is 0. The minimum absolute atomic E-state index is 0.0564. The predicted molar refractivity (Wildman–Crippen MR) is 65.2 cm³/mol. The Morgan fingerprint density at radius 1 is 1.28 bits per heavy atom. The van der Waals surface area contributed by atoms with Gasteiger partial charge in [-0.05, 0) is 39.5 Å². The average Bonchev–Trinajstić information content (AvgIpc) is 2.72. The minimum atomic E-state index is -0.794. The van der Waals surface area contributed by atoms with Crippen LogP contribution in [0.1, 0.15) is 40.0 Å². The molecule has 0 aromatic carbocycles. The van der Waals surface area contributed by atoms with E-state index in [1.54, 1.807) is 4.90 Å². The zero-order valence-electron chi connectivity index (χ0n) is 11.2. The molecule has 18 heavy (non-hydrogen) atoms. The summed E-state index contributed by atoms with van der Waals surface area (Å²) < 4.78 is 5.35. The van der Waals surface area contributed by atoms with E-state index >= 15 is 0 Å². The Kier molecular flexibility index (Phi) is 3.25. The van der Waals surface area contributed by atoms with Crippen LogP contribution in [0.5, 0.6) is 0 Å². The molecule has 102 valence electrons. The lowest BCUT2D eigenvalue weighted by atomic mass is 9.93. The van der Waals surface area contributed by atoms with Crippen molar-refractivity contribution in [1.29, 1.82) is 0 Å². The van der Waals surface area contributed by atoms with E-state index in [0.717, 1.165) is 19.3 Å². The number of amides is 1. The van der Waals surface area contributed by atoms with Crippen molar-refractivity contribution in [1.82, 2.24) is 4.90 Å². The van der Waals surface area contributed by atoms with Crippen LogP contribution in [-0.2, 0) is 9.53 Å². The Morgan fingerprint density at radius 2 is 1.94 bits per heavy atom. The van der Waals surface area contributed by atoms with Gasteiger partial charge in [-0.15, -0.1) is 0 Å². The zero-order chi connectivity index (χ0) is 13.5. The highest BCUT2D eigenvalue weighted by Crippen LogP contribution is 2.42. The van der Waals surface area contributed by atoms with Gasteiger partial charge in [-0.1, -0.05) is 6.42 Å². The molecule has 1 aliphatic carbocycles. The summed E-state index contributed by atoms with van der Waals surface area (Å²) in [6, 6.07) is 0.0564. The molecule has 0 radical (unpaired) electrons. The number of ether oxygens (including phenoxy) is 1.